The number of hydrazine groups is 1. The highest BCUT2D eigenvalue weighted by Gasteiger charge is 2.43. The Hall–Kier alpha value is -4.01. The Morgan fingerprint density at radius 1 is 1.17 bits per heavy atom. The molecule has 1 atom stereocenters. The van der Waals surface area contributed by atoms with E-state index in [9.17, 15) is 30.8 Å². The van der Waals surface area contributed by atoms with Gasteiger partial charge in [0.05, 0.1) is 35.2 Å². The number of furan rings is 1. The standard InChI is InChI=1S/C20H18F4N6O4S/c1-12(9-17-27-10-13(21)11-28-17)35(32,33)30(19(25)26)29(18(31)16-7-4-8-34-16)15-6-3-2-5-14(15)20(22,23)24/h2-8,10-12H,9H2,1H3,(H3,25,26)/t12-/m0/s1. The second-order valence-electron chi connectivity index (χ2n) is 7.11. The summed E-state index contributed by atoms with van der Waals surface area (Å²) in [5.74, 6) is -4.00. The van der Waals surface area contributed by atoms with Gasteiger partial charge in [0.25, 0.3) is 10.0 Å². The van der Waals surface area contributed by atoms with Crippen molar-refractivity contribution in [1.82, 2.24) is 14.4 Å². The summed E-state index contributed by atoms with van der Waals surface area (Å²) in [4.78, 5) is 20.6. The number of sulfonamides is 1. The number of carbonyl (C=O) groups is 1. The van der Waals surface area contributed by atoms with Crippen molar-refractivity contribution < 1.29 is 35.2 Å². The van der Waals surface area contributed by atoms with Crippen molar-refractivity contribution in [1.29, 1.82) is 5.41 Å². The average Bonchev–Trinajstić information content (AvgIpc) is 3.32. The average molecular weight is 514 g/mol. The fourth-order valence-electron chi connectivity index (χ4n) is 3.03. The number of anilines is 1. The number of amides is 1. The summed E-state index contributed by atoms with van der Waals surface area (Å²) in [5.41, 5.74) is 3.23. The lowest BCUT2D eigenvalue weighted by atomic mass is 10.1. The summed E-state index contributed by atoms with van der Waals surface area (Å²) in [6.45, 7) is 1.14. The van der Waals surface area contributed by atoms with Gasteiger partial charge in [-0.05, 0) is 31.2 Å². The number of benzene rings is 1. The van der Waals surface area contributed by atoms with E-state index in [2.05, 4.69) is 9.97 Å². The smallest absolute Gasteiger partial charge is 0.418 e. The van der Waals surface area contributed by atoms with Crippen LogP contribution in [-0.2, 0) is 22.6 Å². The van der Waals surface area contributed by atoms with Crippen LogP contribution in [-0.4, -0.2) is 39.9 Å². The molecule has 0 fully saturated rings. The van der Waals surface area contributed by atoms with Crippen molar-refractivity contribution in [3.63, 3.8) is 0 Å². The van der Waals surface area contributed by atoms with E-state index in [1.54, 1.807) is 0 Å². The molecule has 3 aromatic rings. The molecule has 0 bridgehead atoms. The largest absolute Gasteiger partial charge is 0.459 e. The van der Waals surface area contributed by atoms with Crippen molar-refractivity contribution >= 4 is 27.6 Å². The predicted octanol–water partition coefficient (Wildman–Crippen LogP) is 2.95. The highest BCUT2D eigenvalue weighted by molar-refractivity contribution is 7.90. The molecule has 10 nitrogen and oxygen atoms in total. The fraction of sp³-hybridized carbons (Fsp3) is 0.200. The second-order valence-corrected chi connectivity index (χ2v) is 9.30. The molecule has 15 heteroatoms. The SMILES string of the molecule is C[C@@H](Cc1ncc(F)cn1)S(=O)(=O)N(C(=N)N)N(C(=O)c1ccco1)c1ccccc1C(F)(F)F. The number of alkyl halides is 3. The second kappa shape index (κ2) is 9.69. The first-order valence-electron chi connectivity index (χ1n) is 9.72. The Balaban J connectivity index is 2.16. The normalized spacial score (nSPS) is 12.7. The number of hydrogen-bond acceptors (Lipinski definition) is 7. The molecule has 1 amide bonds. The lowest BCUT2D eigenvalue weighted by Gasteiger charge is -2.36. The van der Waals surface area contributed by atoms with Crippen LogP contribution in [0.3, 0.4) is 0 Å². The van der Waals surface area contributed by atoms with E-state index < -0.39 is 62.6 Å². The van der Waals surface area contributed by atoms with Gasteiger partial charge in [-0.3, -0.25) is 10.2 Å². The number of rotatable bonds is 6. The van der Waals surface area contributed by atoms with Crippen molar-refractivity contribution in [2.45, 2.75) is 24.8 Å². The van der Waals surface area contributed by atoms with E-state index in [1.807, 2.05) is 0 Å². The van der Waals surface area contributed by atoms with E-state index in [-0.39, 0.29) is 15.2 Å². The minimum atomic E-state index is -5.00. The molecule has 0 saturated carbocycles. The van der Waals surface area contributed by atoms with Gasteiger partial charge in [0.2, 0.25) is 5.96 Å². The number of nitrogens with one attached hydrogen (secondary N) is 1. The predicted molar refractivity (Wildman–Crippen MR) is 115 cm³/mol. The van der Waals surface area contributed by atoms with Crippen LogP contribution in [0, 0.1) is 11.2 Å². The van der Waals surface area contributed by atoms with Crippen molar-refractivity contribution in [3.8, 4) is 0 Å². The van der Waals surface area contributed by atoms with Crippen LogP contribution in [0.15, 0.2) is 59.5 Å². The lowest BCUT2D eigenvalue weighted by molar-refractivity contribution is -0.137. The topological polar surface area (TPSA) is 146 Å². The lowest BCUT2D eigenvalue weighted by Crippen LogP contribution is -2.58. The molecular weight excluding hydrogens is 496 g/mol. The maximum absolute atomic E-state index is 13.8. The Kier molecular flexibility index (Phi) is 7.09. The Morgan fingerprint density at radius 2 is 1.80 bits per heavy atom. The summed E-state index contributed by atoms with van der Waals surface area (Å²) in [7, 11) is -4.85. The number of halogens is 4. The van der Waals surface area contributed by atoms with Crippen LogP contribution in [0.2, 0.25) is 0 Å². The molecule has 3 rings (SSSR count). The molecule has 0 spiro atoms. The quantitative estimate of drug-likeness (QED) is 0.223. The zero-order valence-electron chi connectivity index (χ0n) is 17.9. The van der Waals surface area contributed by atoms with Gasteiger partial charge in [-0.1, -0.05) is 12.1 Å². The number of hydrogen-bond donors (Lipinski definition) is 2. The van der Waals surface area contributed by atoms with Crippen molar-refractivity contribution in [2.24, 2.45) is 5.73 Å². The van der Waals surface area contributed by atoms with Gasteiger partial charge in [-0.25, -0.2) is 22.8 Å². The molecule has 0 aliphatic carbocycles. The number of para-hydroxylation sites is 1. The molecule has 2 aromatic heterocycles. The van der Waals surface area contributed by atoms with E-state index >= 15 is 0 Å². The third-order valence-electron chi connectivity index (χ3n) is 4.64. The van der Waals surface area contributed by atoms with E-state index in [0.29, 0.717) is 6.07 Å². The highest BCUT2D eigenvalue weighted by atomic mass is 32.2. The number of nitrogens with zero attached hydrogens (tertiary/aromatic N) is 4. The van der Waals surface area contributed by atoms with Gasteiger partial charge in [0.1, 0.15) is 5.82 Å². The van der Waals surface area contributed by atoms with E-state index in [0.717, 1.165) is 49.8 Å². The Bertz CT molecular complexity index is 1310. The molecule has 0 radical (unpaired) electrons. The molecule has 186 valence electrons. The monoisotopic (exact) mass is 514 g/mol. The third-order valence-corrected chi connectivity index (χ3v) is 6.67. The highest BCUT2D eigenvalue weighted by Crippen LogP contribution is 2.38. The first kappa shape index (κ1) is 25.6. The van der Waals surface area contributed by atoms with Gasteiger partial charge in [-0.15, -0.1) is 4.41 Å². The summed E-state index contributed by atoms with van der Waals surface area (Å²) < 4.78 is 86.3. The van der Waals surface area contributed by atoms with Crippen LogP contribution >= 0.6 is 0 Å². The fourth-order valence-corrected chi connectivity index (χ4v) is 4.39. The summed E-state index contributed by atoms with van der Waals surface area (Å²) in [5, 5.41) is 6.47. The summed E-state index contributed by atoms with van der Waals surface area (Å²) in [6.07, 6.45) is -2.77. The molecule has 35 heavy (non-hydrogen) atoms. The van der Waals surface area contributed by atoms with Crippen LogP contribution in [0.1, 0.15) is 28.9 Å². The molecule has 1 aromatic carbocycles. The first-order chi connectivity index (χ1) is 16.3. The Morgan fingerprint density at radius 3 is 2.34 bits per heavy atom. The number of aromatic nitrogens is 2. The van der Waals surface area contributed by atoms with Gasteiger partial charge < -0.3 is 10.2 Å². The molecule has 0 unspecified atom stereocenters. The first-order valence-corrected chi connectivity index (χ1v) is 11.2. The minimum absolute atomic E-state index is 0.0450. The molecule has 0 aliphatic rings. The summed E-state index contributed by atoms with van der Waals surface area (Å²) >= 11 is 0. The molecule has 3 N–H and O–H groups in total. The summed E-state index contributed by atoms with van der Waals surface area (Å²) in [6, 6.07) is 6.05. The third kappa shape index (κ3) is 5.40. The van der Waals surface area contributed by atoms with Crippen molar-refractivity contribution in [2.75, 3.05) is 5.01 Å². The number of carbonyl (C=O) groups excluding carboxylic acids is 1. The van der Waals surface area contributed by atoms with Crippen LogP contribution < -0.4 is 10.7 Å². The number of nitrogens with two attached hydrogens (primary N) is 1. The Labute approximate surface area is 196 Å². The molecular formula is C20H18F4N6O4S. The van der Waals surface area contributed by atoms with Gasteiger partial charge in [-0.2, -0.15) is 18.2 Å². The van der Waals surface area contributed by atoms with Gasteiger partial charge in [0, 0.05) is 6.42 Å². The van der Waals surface area contributed by atoms with Gasteiger partial charge >= 0.3 is 12.1 Å². The van der Waals surface area contributed by atoms with Crippen LogP contribution in [0.25, 0.3) is 0 Å². The maximum atomic E-state index is 13.8. The van der Waals surface area contributed by atoms with Crippen molar-refractivity contribution in [3.05, 3.63) is 78.0 Å². The molecule has 0 saturated heterocycles. The molecule has 0 aliphatic heterocycles. The van der Waals surface area contributed by atoms with E-state index in [4.69, 9.17) is 15.6 Å². The maximum Gasteiger partial charge on any atom is 0.418 e. The van der Waals surface area contributed by atoms with Crippen LogP contribution in [0.4, 0.5) is 23.2 Å². The van der Waals surface area contributed by atoms with Gasteiger partial charge in [0.15, 0.2) is 11.6 Å². The zero-order chi connectivity index (χ0) is 26.0. The number of guanidine groups is 1. The van der Waals surface area contributed by atoms with E-state index in [1.165, 1.54) is 6.07 Å². The zero-order valence-corrected chi connectivity index (χ0v) is 18.7. The minimum Gasteiger partial charge on any atom is -0.459 e. The molecule has 2 heterocycles. The van der Waals surface area contributed by atoms with Crippen LogP contribution in [0.5, 0.6) is 0 Å².